The second-order valence-corrected chi connectivity index (χ2v) is 5.55. The molecule has 0 atom stereocenters. The normalized spacial score (nSPS) is 10.9. The van der Waals surface area contributed by atoms with Crippen molar-refractivity contribution < 1.29 is 9.15 Å². The first-order valence-corrected chi connectivity index (χ1v) is 7.87. The average molecular weight is 341 g/mol. The minimum atomic E-state index is 0.572. The summed E-state index contributed by atoms with van der Waals surface area (Å²) in [7, 11) is 1.66. The lowest BCUT2D eigenvalue weighted by molar-refractivity contribution is 0.408. The number of benzene rings is 2. The van der Waals surface area contributed by atoms with Gasteiger partial charge in [0.1, 0.15) is 17.3 Å². The highest BCUT2D eigenvalue weighted by Crippen LogP contribution is 2.24. The Bertz CT molecular complexity index is 843. The van der Waals surface area contributed by atoms with Crippen LogP contribution in [-0.4, -0.2) is 13.3 Å². The minimum absolute atomic E-state index is 0.572. The lowest BCUT2D eigenvalue weighted by atomic mass is 10.2. The van der Waals surface area contributed by atoms with Crippen molar-refractivity contribution in [1.82, 2.24) is 5.43 Å². The third-order valence-corrected chi connectivity index (χ3v) is 3.72. The second kappa shape index (κ2) is 7.70. The summed E-state index contributed by atoms with van der Waals surface area (Å²) in [5.41, 5.74) is 4.96. The number of methoxy groups -OCH3 is 1. The largest absolute Gasteiger partial charge is 0.496 e. The van der Waals surface area contributed by atoms with Crippen molar-refractivity contribution in [3.63, 3.8) is 0 Å². The van der Waals surface area contributed by atoms with E-state index in [1.807, 2.05) is 60.7 Å². The van der Waals surface area contributed by atoms with Crippen LogP contribution in [0, 0.1) is 0 Å². The Hall–Kier alpha value is -2.72. The van der Waals surface area contributed by atoms with Crippen molar-refractivity contribution in [1.29, 1.82) is 0 Å². The summed E-state index contributed by atoms with van der Waals surface area (Å²) in [6.45, 7) is 0.572. The van der Waals surface area contributed by atoms with Gasteiger partial charge < -0.3 is 14.6 Å². The minimum Gasteiger partial charge on any atom is -0.496 e. The molecule has 0 unspecified atom stereocenters. The van der Waals surface area contributed by atoms with Gasteiger partial charge in [-0.15, -0.1) is 0 Å². The molecular formula is C19H17ClN2O2. The lowest BCUT2D eigenvalue weighted by Gasteiger charge is -2.06. The van der Waals surface area contributed by atoms with E-state index < -0.39 is 0 Å². The third-order valence-electron chi connectivity index (χ3n) is 3.48. The van der Waals surface area contributed by atoms with E-state index >= 15 is 0 Å². The maximum atomic E-state index is 6.00. The molecule has 0 bridgehead atoms. The Labute approximate surface area is 145 Å². The lowest BCUT2D eigenvalue weighted by Crippen LogP contribution is -2.06. The van der Waals surface area contributed by atoms with Gasteiger partial charge in [-0.25, -0.2) is 0 Å². The van der Waals surface area contributed by atoms with Crippen LogP contribution in [0.1, 0.15) is 11.3 Å². The van der Waals surface area contributed by atoms with Gasteiger partial charge in [-0.2, -0.15) is 5.10 Å². The molecule has 1 N–H and O–H groups in total. The molecule has 1 heterocycles. The van der Waals surface area contributed by atoms with Gasteiger partial charge in [-0.3, -0.25) is 0 Å². The molecule has 0 radical (unpaired) electrons. The smallest absolute Gasteiger partial charge is 0.147 e. The predicted molar refractivity (Wildman–Crippen MR) is 96.6 cm³/mol. The van der Waals surface area contributed by atoms with Gasteiger partial charge in [-0.1, -0.05) is 41.9 Å². The van der Waals surface area contributed by atoms with Crippen molar-refractivity contribution >= 4 is 17.8 Å². The van der Waals surface area contributed by atoms with Crippen LogP contribution in [0.25, 0.3) is 11.3 Å². The van der Waals surface area contributed by atoms with Gasteiger partial charge in [-0.05, 0) is 30.3 Å². The number of hydrogen-bond acceptors (Lipinski definition) is 4. The fourth-order valence-corrected chi connectivity index (χ4v) is 2.50. The number of hydrogen-bond donors (Lipinski definition) is 1. The standard InChI is InChI=1S/C19H17ClN2O2/c1-23-18-8-3-2-5-15(18)12-21-22-13-17-9-10-19(24-17)14-6-4-7-16(20)11-14/h2-11,13,21H,12H2,1H3/b22-13-. The quantitative estimate of drug-likeness (QED) is 0.521. The first-order chi connectivity index (χ1) is 11.8. The number of rotatable bonds is 6. The summed E-state index contributed by atoms with van der Waals surface area (Å²) in [5.74, 6) is 2.25. The number of nitrogens with zero attached hydrogens (tertiary/aromatic N) is 1. The predicted octanol–water partition coefficient (Wildman–Crippen LogP) is 4.73. The zero-order chi connectivity index (χ0) is 16.8. The van der Waals surface area contributed by atoms with Crippen LogP contribution < -0.4 is 10.2 Å². The molecule has 24 heavy (non-hydrogen) atoms. The number of halogens is 1. The summed E-state index contributed by atoms with van der Waals surface area (Å²) >= 11 is 6.00. The van der Waals surface area contributed by atoms with Gasteiger partial charge in [0.2, 0.25) is 0 Å². The highest BCUT2D eigenvalue weighted by atomic mass is 35.5. The maximum Gasteiger partial charge on any atom is 0.147 e. The van der Waals surface area contributed by atoms with Crippen LogP contribution in [0.4, 0.5) is 0 Å². The van der Waals surface area contributed by atoms with Crippen molar-refractivity contribution in [2.45, 2.75) is 6.54 Å². The Balaban J connectivity index is 1.61. The molecule has 0 saturated carbocycles. The molecule has 0 aliphatic carbocycles. The summed E-state index contributed by atoms with van der Waals surface area (Å²) in [4.78, 5) is 0. The summed E-state index contributed by atoms with van der Waals surface area (Å²) in [6, 6.07) is 19.1. The van der Waals surface area contributed by atoms with E-state index in [9.17, 15) is 0 Å². The van der Waals surface area contributed by atoms with Crippen LogP contribution in [0.2, 0.25) is 5.02 Å². The molecule has 4 nitrogen and oxygen atoms in total. The molecule has 0 amide bonds. The van der Waals surface area contributed by atoms with Crippen molar-refractivity contribution in [2.75, 3.05) is 7.11 Å². The van der Waals surface area contributed by atoms with Gasteiger partial charge in [0.25, 0.3) is 0 Å². The number of ether oxygens (including phenoxy) is 1. The fraction of sp³-hybridized carbons (Fsp3) is 0.105. The van der Waals surface area contributed by atoms with Gasteiger partial charge in [0.15, 0.2) is 0 Å². The topological polar surface area (TPSA) is 46.8 Å². The first kappa shape index (κ1) is 16.1. The van der Waals surface area contributed by atoms with E-state index in [4.69, 9.17) is 20.8 Å². The maximum absolute atomic E-state index is 6.00. The first-order valence-electron chi connectivity index (χ1n) is 7.50. The van der Waals surface area contributed by atoms with Crippen LogP contribution in [-0.2, 0) is 6.54 Å². The number of nitrogens with one attached hydrogen (secondary N) is 1. The highest BCUT2D eigenvalue weighted by Gasteiger charge is 2.04. The zero-order valence-electron chi connectivity index (χ0n) is 13.2. The van der Waals surface area contributed by atoms with E-state index in [1.54, 1.807) is 13.3 Å². The molecule has 0 saturated heterocycles. The van der Waals surface area contributed by atoms with Crippen molar-refractivity contribution in [3.8, 4) is 17.1 Å². The summed E-state index contributed by atoms with van der Waals surface area (Å²) in [5, 5.41) is 4.86. The van der Waals surface area contributed by atoms with Crippen LogP contribution in [0.5, 0.6) is 5.75 Å². The number of para-hydroxylation sites is 1. The monoisotopic (exact) mass is 340 g/mol. The van der Waals surface area contributed by atoms with Crippen molar-refractivity contribution in [2.24, 2.45) is 5.10 Å². The molecule has 0 aliphatic rings. The van der Waals surface area contributed by atoms with E-state index in [0.29, 0.717) is 17.3 Å². The van der Waals surface area contributed by atoms with E-state index in [2.05, 4.69) is 10.5 Å². The molecule has 2 aromatic carbocycles. The SMILES string of the molecule is COc1ccccc1CN/N=C\c1ccc(-c2cccc(Cl)c2)o1. The van der Waals surface area contributed by atoms with E-state index in [1.165, 1.54) is 0 Å². The Morgan fingerprint density at radius 1 is 1.12 bits per heavy atom. The van der Waals surface area contributed by atoms with E-state index in [0.717, 1.165) is 22.6 Å². The third kappa shape index (κ3) is 3.97. The zero-order valence-corrected chi connectivity index (χ0v) is 14.0. The molecule has 0 spiro atoms. The van der Waals surface area contributed by atoms with Crippen LogP contribution in [0.3, 0.4) is 0 Å². The molecule has 0 fully saturated rings. The summed E-state index contributed by atoms with van der Waals surface area (Å²) in [6.07, 6.45) is 1.64. The number of furan rings is 1. The molecule has 3 aromatic rings. The molecule has 3 rings (SSSR count). The number of hydrazone groups is 1. The van der Waals surface area contributed by atoms with E-state index in [-0.39, 0.29) is 0 Å². The fourth-order valence-electron chi connectivity index (χ4n) is 2.31. The molecule has 5 heteroatoms. The van der Waals surface area contributed by atoms with Crippen molar-refractivity contribution in [3.05, 3.63) is 77.0 Å². The molecule has 0 aliphatic heterocycles. The van der Waals surface area contributed by atoms with Crippen LogP contribution in [0.15, 0.2) is 70.2 Å². The van der Waals surface area contributed by atoms with Crippen LogP contribution >= 0.6 is 11.6 Å². The Morgan fingerprint density at radius 2 is 2.00 bits per heavy atom. The second-order valence-electron chi connectivity index (χ2n) is 5.12. The molecule has 122 valence electrons. The highest BCUT2D eigenvalue weighted by molar-refractivity contribution is 6.30. The molecule has 1 aromatic heterocycles. The van der Waals surface area contributed by atoms with Gasteiger partial charge in [0.05, 0.1) is 19.9 Å². The average Bonchev–Trinajstić information content (AvgIpc) is 3.08. The van der Waals surface area contributed by atoms with Gasteiger partial charge in [0, 0.05) is 16.1 Å². The molecular weight excluding hydrogens is 324 g/mol. The summed E-state index contributed by atoms with van der Waals surface area (Å²) < 4.78 is 11.1. The Kier molecular flexibility index (Phi) is 5.18. The Morgan fingerprint density at radius 3 is 2.83 bits per heavy atom. The van der Waals surface area contributed by atoms with Gasteiger partial charge >= 0.3 is 0 Å².